The van der Waals surface area contributed by atoms with Gasteiger partial charge in [0.05, 0.1) is 5.56 Å². The van der Waals surface area contributed by atoms with Crippen molar-refractivity contribution in [1.29, 1.82) is 0 Å². The molecule has 1 aromatic rings. The third-order valence-corrected chi connectivity index (χ3v) is 4.34. The Morgan fingerprint density at radius 3 is 2.45 bits per heavy atom. The number of rotatable bonds is 8. The van der Waals surface area contributed by atoms with Gasteiger partial charge in [-0.15, -0.1) is 0 Å². The lowest BCUT2D eigenvalue weighted by atomic mass is 9.74. The van der Waals surface area contributed by atoms with Crippen LogP contribution in [0.1, 0.15) is 48.0 Å². The molecule has 1 aromatic carbocycles. The molecule has 0 bridgehead atoms. The smallest absolute Gasteiger partial charge is 0.335 e. The van der Waals surface area contributed by atoms with Gasteiger partial charge >= 0.3 is 5.97 Å². The number of hydrogen-bond donors (Lipinski definition) is 2. The number of aryl methyl sites for hydroxylation is 1. The lowest BCUT2D eigenvalue weighted by molar-refractivity contribution is -0.124. The van der Waals surface area contributed by atoms with Crippen LogP contribution in [0.5, 0.6) is 0 Å². The second-order valence-corrected chi connectivity index (χ2v) is 5.93. The van der Waals surface area contributed by atoms with Crippen LogP contribution in [-0.2, 0) is 16.0 Å². The molecule has 0 saturated heterocycles. The zero-order chi connectivity index (χ0) is 16.0. The molecule has 0 spiro atoms. The van der Waals surface area contributed by atoms with Gasteiger partial charge in [0.15, 0.2) is 0 Å². The molecule has 0 aliphatic heterocycles. The molecule has 0 aromatic heterocycles. The Bertz CT molecular complexity index is 520. The average molecular weight is 305 g/mol. The molecule has 1 fully saturated rings. The standard InChI is InChI=1S/C17H23NO4/c1-22-12-11-17(9-2-10-17)18-15(19)8-5-13-3-6-14(7-4-13)16(20)21/h3-4,6-7H,2,5,8-12H2,1H3,(H,18,19)(H,20,21). The summed E-state index contributed by atoms with van der Waals surface area (Å²) in [7, 11) is 1.68. The predicted octanol–water partition coefficient (Wildman–Crippen LogP) is 2.39. The molecule has 0 heterocycles. The molecule has 0 atom stereocenters. The Hall–Kier alpha value is -1.88. The number of carboxylic acid groups (broad SMARTS) is 1. The fourth-order valence-electron chi connectivity index (χ4n) is 2.77. The summed E-state index contributed by atoms with van der Waals surface area (Å²) < 4.78 is 5.12. The first-order valence-electron chi connectivity index (χ1n) is 7.67. The molecule has 1 amide bonds. The minimum Gasteiger partial charge on any atom is -0.478 e. The van der Waals surface area contributed by atoms with Crippen molar-refractivity contribution >= 4 is 11.9 Å². The Labute approximate surface area is 130 Å². The van der Waals surface area contributed by atoms with E-state index in [9.17, 15) is 9.59 Å². The van der Waals surface area contributed by atoms with Crippen molar-refractivity contribution in [2.24, 2.45) is 0 Å². The number of methoxy groups -OCH3 is 1. The summed E-state index contributed by atoms with van der Waals surface area (Å²) in [6, 6.07) is 6.67. The van der Waals surface area contributed by atoms with Crippen LogP contribution in [0.3, 0.4) is 0 Å². The summed E-state index contributed by atoms with van der Waals surface area (Å²) in [5, 5.41) is 12.0. The molecular formula is C17H23NO4. The number of benzene rings is 1. The number of nitrogens with one attached hydrogen (secondary N) is 1. The highest BCUT2D eigenvalue weighted by atomic mass is 16.5. The highest BCUT2D eigenvalue weighted by Crippen LogP contribution is 2.35. The normalized spacial score (nSPS) is 15.9. The predicted molar refractivity (Wildman–Crippen MR) is 82.9 cm³/mol. The van der Waals surface area contributed by atoms with Crippen LogP contribution < -0.4 is 5.32 Å². The number of carbonyl (C=O) groups excluding carboxylic acids is 1. The monoisotopic (exact) mass is 305 g/mol. The van der Waals surface area contributed by atoms with Crippen LogP contribution in [-0.4, -0.2) is 36.2 Å². The fraction of sp³-hybridized carbons (Fsp3) is 0.529. The quantitative estimate of drug-likeness (QED) is 0.773. The van der Waals surface area contributed by atoms with Crippen molar-refractivity contribution in [2.45, 2.75) is 44.1 Å². The van der Waals surface area contributed by atoms with Crippen LogP contribution in [0.25, 0.3) is 0 Å². The van der Waals surface area contributed by atoms with Gasteiger partial charge in [0.1, 0.15) is 0 Å². The van der Waals surface area contributed by atoms with Gasteiger partial charge in [-0.2, -0.15) is 0 Å². The van der Waals surface area contributed by atoms with E-state index in [2.05, 4.69) is 5.32 Å². The Balaban J connectivity index is 1.80. The topological polar surface area (TPSA) is 75.6 Å². The van der Waals surface area contributed by atoms with Crippen LogP contribution >= 0.6 is 0 Å². The minimum absolute atomic E-state index is 0.0538. The van der Waals surface area contributed by atoms with E-state index in [1.807, 2.05) is 0 Å². The minimum atomic E-state index is -0.936. The Morgan fingerprint density at radius 1 is 1.27 bits per heavy atom. The van der Waals surface area contributed by atoms with Crippen molar-refractivity contribution in [3.63, 3.8) is 0 Å². The number of ether oxygens (including phenoxy) is 1. The SMILES string of the molecule is COCCC1(NC(=O)CCc2ccc(C(=O)O)cc2)CCC1. The maximum absolute atomic E-state index is 12.1. The number of carboxylic acids is 1. The van der Waals surface area contributed by atoms with E-state index >= 15 is 0 Å². The van der Waals surface area contributed by atoms with Crippen molar-refractivity contribution in [2.75, 3.05) is 13.7 Å². The van der Waals surface area contributed by atoms with Crippen LogP contribution in [0.4, 0.5) is 0 Å². The summed E-state index contributed by atoms with van der Waals surface area (Å²) in [6.07, 6.45) is 5.10. The molecule has 22 heavy (non-hydrogen) atoms. The lowest BCUT2D eigenvalue weighted by Gasteiger charge is -2.42. The first-order chi connectivity index (χ1) is 10.5. The van der Waals surface area contributed by atoms with Gasteiger partial charge in [-0.3, -0.25) is 4.79 Å². The van der Waals surface area contributed by atoms with Crippen molar-refractivity contribution < 1.29 is 19.4 Å². The molecule has 1 saturated carbocycles. The second kappa shape index (κ2) is 7.40. The molecular weight excluding hydrogens is 282 g/mol. The Kier molecular flexibility index (Phi) is 5.55. The van der Waals surface area contributed by atoms with Gasteiger partial charge in [-0.05, 0) is 49.8 Å². The fourth-order valence-corrected chi connectivity index (χ4v) is 2.77. The van der Waals surface area contributed by atoms with Gasteiger partial charge in [0.2, 0.25) is 5.91 Å². The Morgan fingerprint density at radius 2 is 1.95 bits per heavy atom. The van der Waals surface area contributed by atoms with E-state index in [1.165, 1.54) is 0 Å². The summed E-state index contributed by atoms with van der Waals surface area (Å²) in [5.41, 5.74) is 1.17. The summed E-state index contributed by atoms with van der Waals surface area (Å²) >= 11 is 0. The summed E-state index contributed by atoms with van der Waals surface area (Å²) in [5.74, 6) is -0.882. The van der Waals surface area contributed by atoms with Gasteiger partial charge in [-0.25, -0.2) is 4.79 Å². The summed E-state index contributed by atoms with van der Waals surface area (Å²) in [4.78, 5) is 22.9. The van der Waals surface area contributed by atoms with E-state index in [1.54, 1.807) is 31.4 Å². The first-order valence-corrected chi connectivity index (χ1v) is 7.67. The number of aromatic carboxylic acids is 1. The number of hydrogen-bond acceptors (Lipinski definition) is 3. The van der Waals surface area contributed by atoms with Gasteiger partial charge in [0.25, 0.3) is 0 Å². The lowest BCUT2D eigenvalue weighted by Crippen LogP contribution is -2.54. The maximum atomic E-state index is 12.1. The van der Waals surface area contributed by atoms with E-state index in [0.29, 0.717) is 19.4 Å². The van der Waals surface area contributed by atoms with Gasteiger partial charge in [-0.1, -0.05) is 12.1 Å². The molecule has 5 heteroatoms. The molecule has 2 N–H and O–H groups in total. The van der Waals surface area contributed by atoms with Crippen LogP contribution in [0.15, 0.2) is 24.3 Å². The summed E-state index contributed by atoms with van der Waals surface area (Å²) in [6.45, 7) is 0.664. The van der Waals surface area contributed by atoms with Gasteiger partial charge < -0.3 is 15.2 Å². The van der Waals surface area contributed by atoms with E-state index in [4.69, 9.17) is 9.84 Å². The van der Waals surface area contributed by atoms with E-state index < -0.39 is 5.97 Å². The third-order valence-electron chi connectivity index (χ3n) is 4.34. The van der Waals surface area contributed by atoms with Crippen molar-refractivity contribution in [1.82, 2.24) is 5.32 Å². The van der Waals surface area contributed by atoms with E-state index in [-0.39, 0.29) is 17.0 Å². The zero-order valence-corrected chi connectivity index (χ0v) is 12.9. The zero-order valence-electron chi connectivity index (χ0n) is 12.9. The maximum Gasteiger partial charge on any atom is 0.335 e. The van der Waals surface area contributed by atoms with Gasteiger partial charge in [0, 0.05) is 25.7 Å². The molecule has 0 unspecified atom stereocenters. The first kappa shape index (κ1) is 16.5. The highest BCUT2D eigenvalue weighted by molar-refractivity contribution is 5.87. The molecule has 0 radical (unpaired) electrons. The van der Waals surface area contributed by atoms with Crippen molar-refractivity contribution in [3.8, 4) is 0 Å². The van der Waals surface area contributed by atoms with Crippen molar-refractivity contribution in [3.05, 3.63) is 35.4 Å². The largest absolute Gasteiger partial charge is 0.478 e. The third kappa shape index (κ3) is 4.31. The highest BCUT2D eigenvalue weighted by Gasteiger charge is 2.37. The molecule has 1 aliphatic rings. The molecule has 2 rings (SSSR count). The number of amides is 1. The van der Waals surface area contributed by atoms with Crippen LogP contribution in [0.2, 0.25) is 0 Å². The van der Waals surface area contributed by atoms with Crippen LogP contribution in [0, 0.1) is 0 Å². The molecule has 1 aliphatic carbocycles. The number of carbonyl (C=O) groups is 2. The second-order valence-electron chi connectivity index (χ2n) is 5.93. The average Bonchev–Trinajstić information content (AvgIpc) is 2.48. The molecule has 5 nitrogen and oxygen atoms in total. The molecule has 120 valence electrons. The van der Waals surface area contributed by atoms with E-state index in [0.717, 1.165) is 31.2 Å².